The third-order valence-electron chi connectivity index (χ3n) is 2.65. The summed E-state index contributed by atoms with van der Waals surface area (Å²) in [7, 11) is 2.69. The van der Waals surface area contributed by atoms with E-state index in [1.165, 1.54) is 27.1 Å². The van der Waals surface area contributed by atoms with Crippen molar-refractivity contribution in [2.24, 2.45) is 14.1 Å². The predicted molar refractivity (Wildman–Crippen MR) is 67.3 cm³/mol. The summed E-state index contributed by atoms with van der Waals surface area (Å²) >= 11 is 0. The van der Waals surface area contributed by atoms with E-state index >= 15 is 0 Å². The van der Waals surface area contributed by atoms with E-state index in [1.54, 1.807) is 0 Å². The van der Waals surface area contributed by atoms with Gasteiger partial charge >= 0.3 is 11.3 Å². The maximum absolute atomic E-state index is 11.9. The number of aromatic nitrogens is 2. The highest BCUT2D eigenvalue weighted by atomic mass is 16.4. The van der Waals surface area contributed by atoms with E-state index in [0.717, 1.165) is 9.13 Å². The zero-order chi connectivity index (χ0) is 14.3. The zero-order valence-corrected chi connectivity index (χ0v) is 10.5. The van der Waals surface area contributed by atoms with E-state index in [4.69, 9.17) is 4.42 Å². The molecule has 0 saturated heterocycles. The van der Waals surface area contributed by atoms with Gasteiger partial charge in [0.2, 0.25) is 11.6 Å². The van der Waals surface area contributed by atoms with Crippen molar-refractivity contribution in [1.29, 1.82) is 0 Å². The Morgan fingerprint density at radius 3 is 2.42 bits per heavy atom. The molecule has 0 fully saturated rings. The fraction of sp³-hybridized carbons (Fsp3) is 0.273. The number of nitrogens with zero attached hydrogens (tertiary/aromatic N) is 2. The van der Waals surface area contributed by atoms with E-state index in [0.29, 0.717) is 0 Å². The van der Waals surface area contributed by atoms with Gasteiger partial charge in [0.1, 0.15) is 11.1 Å². The first kappa shape index (κ1) is 12.8. The Labute approximate surface area is 105 Å². The monoisotopic (exact) mass is 265 g/mol. The van der Waals surface area contributed by atoms with Gasteiger partial charge in [-0.15, -0.1) is 0 Å². The number of carbonyl (C=O) groups is 1. The van der Waals surface area contributed by atoms with Crippen LogP contribution in [0, 0.1) is 0 Å². The fourth-order valence-electron chi connectivity index (χ4n) is 1.72. The Hall–Kier alpha value is -2.64. The molecule has 0 aliphatic carbocycles. The highest BCUT2D eigenvalue weighted by molar-refractivity contribution is 5.90. The molecule has 2 aromatic heterocycles. The number of nitrogens with one attached hydrogen (secondary N) is 1. The minimum Gasteiger partial charge on any atom is -0.404 e. The zero-order valence-electron chi connectivity index (χ0n) is 10.5. The number of hydrogen-bond donors (Lipinski definition) is 1. The average Bonchev–Trinajstić information content (AvgIpc) is 2.35. The van der Waals surface area contributed by atoms with Gasteiger partial charge in [-0.3, -0.25) is 18.7 Å². The molecular weight excluding hydrogens is 254 g/mol. The molecule has 0 saturated carbocycles. The van der Waals surface area contributed by atoms with Gasteiger partial charge in [-0.1, -0.05) is 0 Å². The molecule has 0 aliphatic rings. The van der Waals surface area contributed by atoms with E-state index in [-0.39, 0.29) is 16.8 Å². The van der Waals surface area contributed by atoms with Crippen LogP contribution in [0.2, 0.25) is 0 Å². The smallest absolute Gasteiger partial charge is 0.361 e. The second-order valence-corrected chi connectivity index (χ2v) is 4.05. The second-order valence-electron chi connectivity index (χ2n) is 4.05. The quantitative estimate of drug-likeness (QED) is 0.723. The summed E-state index contributed by atoms with van der Waals surface area (Å²) in [5.41, 5.74) is -2.31. The highest BCUT2D eigenvalue weighted by Crippen LogP contribution is 2.09. The molecule has 0 radical (unpaired) electrons. The lowest BCUT2D eigenvalue weighted by Gasteiger charge is -2.07. The molecule has 0 bridgehead atoms. The number of anilines is 1. The van der Waals surface area contributed by atoms with Gasteiger partial charge in [0.05, 0.1) is 0 Å². The van der Waals surface area contributed by atoms with Gasteiger partial charge < -0.3 is 9.73 Å². The number of fused-ring (bicyclic) bond motifs is 1. The lowest BCUT2D eigenvalue weighted by Crippen LogP contribution is -2.37. The van der Waals surface area contributed by atoms with Crippen molar-refractivity contribution in [2.75, 3.05) is 5.32 Å². The summed E-state index contributed by atoms with van der Waals surface area (Å²) in [4.78, 5) is 46.2. The van der Waals surface area contributed by atoms with E-state index in [9.17, 15) is 19.2 Å². The average molecular weight is 265 g/mol. The number of hydrogen-bond acceptors (Lipinski definition) is 5. The molecule has 0 atom stereocenters. The van der Waals surface area contributed by atoms with Gasteiger partial charge in [0.25, 0.3) is 5.56 Å². The molecule has 0 aliphatic heterocycles. The van der Waals surface area contributed by atoms with Crippen molar-refractivity contribution in [3.63, 3.8) is 0 Å². The molecule has 1 amide bonds. The number of carbonyl (C=O) groups excluding carboxylic acids is 1. The minimum atomic E-state index is -0.828. The number of amides is 1. The third-order valence-corrected chi connectivity index (χ3v) is 2.65. The number of rotatable bonds is 1. The molecular formula is C11H11N3O5. The van der Waals surface area contributed by atoms with Crippen LogP contribution in [-0.4, -0.2) is 15.0 Å². The van der Waals surface area contributed by atoms with Crippen LogP contribution in [0.15, 0.2) is 24.9 Å². The summed E-state index contributed by atoms with van der Waals surface area (Å²) in [5, 5.41) is 2.30. The first-order valence-electron chi connectivity index (χ1n) is 5.34. The Morgan fingerprint density at radius 2 is 1.84 bits per heavy atom. The molecule has 2 aromatic rings. The van der Waals surface area contributed by atoms with Crippen LogP contribution >= 0.6 is 0 Å². The lowest BCUT2D eigenvalue weighted by atomic mass is 10.3. The Balaban J connectivity index is 2.95. The van der Waals surface area contributed by atoms with Gasteiger partial charge in [0, 0.05) is 21.0 Å². The van der Waals surface area contributed by atoms with Crippen LogP contribution in [0.25, 0.3) is 11.1 Å². The molecule has 1 N–H and O–H groups in total. The van der Waals surface area contributed by atoms with Gasteiger partial charge in [-0.25, -0.2) is 9.59 Å². The predicted octanol–water partition coefficient (Wildman–Crippen LogP) is -0.851. The molecule has 0 aromatic carbocycles. The maximum Gasteiger partial charge on any atom is 0.361 e. The molecule has 8 nitrogen and oxygen atoms in total. The van der Waals surface area contributed by atoms with E-state index < -0.39 is 22.8 Å². The van der Waals surface area contributed by atoms with Crippen molar-refractivity contribution in [3.05, 3.63) is 37.3 Å². The SMILES string of the molecule is CC(=O)Nc1cc2c(=O)n(C)c(=O)n(C)c2oc1=O. The Bertz CT molecular complexity index is 855. The summed E-state index contributed by atoms with van der Waals surface area (Å²) in [5.74, 6) is -0.465. The van der Waals surface area contributed by atoms with Crippen LogP contribution in [-0.2, 0) is 18.9 Å². The Morgan fingerprint density at radius 1 is 1.21 bits per heavy atom. The highest BCUT2D eigenvalue weighted by Gasteiger charge is 2.14. The van der Waals surface area contributed by atoms with E-state index in [1.807, 2.05) is 0 Å². The fourth-order valence-corrected chi connectivity index (χ4v) is 1.72. The Kier molecular flexibility index (Phi) is 2.85. The first-order valence-corrected chi connectivity index (χ1v) is 5.34. The summed E-state index contributed by atoms with van der Waals surface area (Å²) in [6.45, 7) is 1.22. The van der Waals surface area contributed by atoms with Crippen molar-refractivity contribution in [1.82, 2.24) is 9.13 Å². The van der Waals surface area contributed by atoms with Crippen molar-refractivity contribution >= 4 is 22.7 Å². The summed E-state index contributed by atoms with van der Waals surface area (Å²) < 4.78 is 6.86. The van der Waals surface area contributed by atoms with Crippen LogP contribution < -0.4 is 22.2 Å². The first-order chi connectivity index (χ1) is 8.82. The maximum atomic E-state index is 11.9. The largest absolute Gasteiger partial charge is 0.404 e. The molecule has 19 heavy (non-hydrogen) atoms. The van der Waals surface area contributed by atoms with Crippen molar-refractivity contribution in [3.8, 4) is 0 Å². The minimum absolute atomic E-state index is 0.0351. The normalized spacial score (nSPS) is 10.7. The summed E-state index contributed by atoms with van der Waals surface area (Å²) in [6.07, 6.45) is 0. The third kappa shape index (κ3) is 1.96. The summed E-state index contributed by atoms with van der Waals surface area (Å²) in [6, 6.07) is 1.20. The van der Waals surface area contributed by atoms with Gasteiger partial charge in [-0.2, -0.15) is 0 Å². The van der Waals surface area contributed by atoms with Crippen LogP contribution in [0.1, 0.15) is 6.92 Å². The molecule has 0 spiro atoms. The van der Waals surface area contributed by atoms with Gasteiger partial charge in [-0.05, 0) is 6.07 Å². The standard InChI is InChI=1S/C11H11N3O5/c1-5(15)12-7-4-6-8(16)13(2)11(18)14(3)9(6)19-10(7)17/h4H,1-3H3,(H,12,15). The van der Waals surface area contributed by atoms with Crippen molar-refractivity contribution in [2.45, 2.75) is 6.92 Å². The topological polar surface area (TPSA) is 103 Å². The van der Waals surface area contributed by atoms with E-state index in [2.05, 4.69) is 5.32 Å². The molecule has 2 heterocycles. The number of aryl methyl sites for hydroxylation is 1. The van der Waals surface area contributed by atoms with Crippen LogP contribution in [0.5, 0.6) is 0 Å². The second kappa shape index (κ2) is 4.23. The molecule has 2 rings (SSSR count). The van der Waals surface area contributed by atoms with Gasteiger partial charge in [0.15, 0.2) is 0 Å². The van der Waals surface area contributed by atoms with Crippen molar-refractivity contribution < 1.29 is 9.21 Å². The molecule has 0 unspecified atom stereocenters. The van der Waals surface area contributed by atoms with Crippen LogP contribution in [0.4, 0.5) is 5.69 Å². The molecule has 8 heteroatoms. The lowest BCUT2D eigenvalue weighted by molar-refractivity contribution is -0.114. The molecule has 100 valence electrons. The van der Waals surface area contributed by atoms with Crippen LogP contribution in [0.3, 0.4) is 0 Å².